The summed E-state index contributed by atoms with van der Waals surface area (Å²) in [5, 5.41) is 18.1. The topological polar surface area (TPSA) is 74.6 Å². The van der Waals surface area contributed by atoms with Crippen molar-refractivity contribution in [3.05, 3.63) is 30.0 Å². The van der Waals surface area contributed by atoms with Crippen LogP contribution in [-0.4, -0.2) is 27.9 Å². The molecule has 2 aromatic rings. The summed E-state index contributed by atoms with van der Waals surface area (Å²) in [6.07, 6.45) is -8.55. The lowest BCUT2D eigenvalue weighted by molar-refractivity contribution is -0.253. The maximum Gasteiger partial charge on any atom is 0.461 e. The van der Waals surface area contributed by atoms with Gasteiger partial charge in [-0.05, 0) is 12.1 Å². The van der Waals surface area contributed by atoms with Gasteiger partial charge in [0.25, 0.3) is 0 Å². The van der Waals surface area contributed by atoms with Crippen molar-refractivity contribution in [1.29, 1.82) is 5.26 Å². The molecule has 0 aliphatic carbocycles. The van der Waals surface area contributed by atoms with E-state index in [-0.39, 0.29) is 17.0 Å². The van der Waals surface area contributed by atoms with E-state index in [4.69, 9.17) is 5.26 Å². The summed E-state index contributed by atoms with van der Waals surface area (Å²) in [5.74, 6) is -0.473. The minimum atomic E-state index is -4.60. The number of hydrogen-bond donors (Lipinski definition) is 1. The third-order valence-corrected chi connectivity index (χ3v) is 2.28. The number of alkyl halides is 4. The van der Waals surface area contributed by atoms with E-state index in [0.29, 0.717) is 0 Å². The van der Waals surface area contributed by atoms with Crippen LogP contribution in [0.4, 0.5) is 17.6 Å². The molecule has 0 atom stereocenters. The van der Waals surface area contributed by atoms with Crippen LogP contribution in [-0.2, 0) is 0 Å². The fraction of sp³-hybridized carbons (Fsp3) is 0.182. The SMILES string of the molecule is N#Cc1[nH]nnc1-c1cccc(OC(F)(F)C(F)F)c1. The number of hydrogen-bond acceptors (Lipinski definition) is 4. The highest BCUT2D eigenvalue weighted by Gasteiger charge is 2.44. The van der Waals surface area contributed by atoms with Crippen LogP contribution >= 0.6 is 0 Å². The third-order valence-electron chi connectivity index (χ3n) is 2.28. The molecule has 0 saturated heterocycles. The molecular formula is C11H6F4N4O. The van der Waals surface area contributed by atoms with Crippen molar-refractivity contribution in [2.24, 2.45) is 0 Å². The van der Waals surface area contributed by atoms with Crippen LogP contribution in [0.5, 0.6) is 5.75 Å². The molecule has 0 amide bonds. The summed E-state index contributed by atoms with van der Waals surface area (Å²) in [7, 11) is 0. The Kier molecular flexibility index (Phi) is 3.56. The van der Waals surface area contributed by atoms with Gasteiger partial charge in [0.1, 0.15) is 17.5 Å². The van der Waals surface area contributed by atoms with Crippen LogP contribution in [0, 0.1) is 11.3 Å². The number of aromatic nitrogens is 3. The second kappa shape index (κ2) is 5.16. The summed E-state index contributed by atoms with van der Waals surface area (Å²) in [6.45, 7) is 0. The van der Waals surface area contributed by atoms with Gasteiger partial charge in [0.2, 0.25) is 0 Å². The molecule has 1 heterocycles. The van der Waals surface area contributed by atoms with E-state index in [0.717, 1.165) is 12.1 Å². The molecule has 5 nitrogen and oxygen atoms in total. The van der Waals surface area contributed by atoms with Gasteiger partial charge in [0.15, 0.2) is 5.69 Å². The molecule has 0 bridgehead atoms. The Hall–Kier alpha value is -2.63. The maximum atomic E-state index is 12.8. The van der Waals surface area contributed by atoms with E-state index in [1.165, 1.54) is 12.1 Å². The van der Waals surface area contributed by atoms with Gasteiger partial charge in [-0.1, -0.05) is 17.3 Å². The van der Waals surface area contributed by atoms with E-state index in [9.17, 15) is 17.6 Å². The molecule has 9 heteroatoms. The Morgan fingerprint density at radius 2 is 2.10 bits per heavy atom. The molecule has 1 aromatic heterocycles. The lowest BCUT2D eigenvalue weighted by Crippen LogP contribution is -2.33. The molecule has 2 rings (SSSR count). The zero-order valence-electron chi connectivity index (χ0n) is 9.65. The Bertz CT molecular complexity index is 650. The van der Waals surface area contributed by atoms with Gasteiger partial charge in [0, 0.05) is 5.56 Å². The van der Waals surface area contributed by atoms with Gasteiger partial charge in [-0.3, -0.25) is 0 Å². The number of rotatable bonds is 4. The summed E-state index contributed by atoms with van der Waals surface area (Å²) in [6, 6.07) is 6.68. The van der Waals surface area contributed by atoms with Crippen LogP contribution in [0.2, 0.25) is 0 Å². The van der Waals surface area contributed by atoms with Gasteiger partial charge in [-0.2, -0.15) is 22.8 Å². The second-order valence-electron chi connectivity index (χ2n) is 3.64. The van der Waals surface area contributed by atoms with Crippen LogP contribution < -0.4 is 4.74 Å². The zero-order valence-corrected chi connectivity index (χ0v) is 9.65. The zero-order chi connectivity index (χ0) is 14.8. The molecule has 104 valence electrons. The molecule has 0 spiro atoms. The molecule has 0 radical (unpaired) electrons. The number of nitrogens with zero attached hydrogens (tertiary/aromatic N) is 3. The minimum Gasteiger partial charge on any atom is -0.428 e. The van der Waals surface area contributed by atoms with Crippen molar-refractivity contribution in [2.75, 3.05) is 0 Å². The number of aromatic amines is 1. The van der Waals surface area contributed by atoms with Crippen molar-refractivity contribution < 1.29 is 22.3 Å². The molecule has 0 unspecified atom stereocenters. The highest BCUT2D eigenvalue weighted by atomic mass is 19.3. The first kappa shape index (κ1) is 13.8. The van der Waals surface area contributed by atoms with Gasteiger partial charge in [-0.25, -0.2) is 5.10 Å². The number of H-pyrrole nitrogens is 1. The van der Waals surface area contributed by atoms with Crippen LogP contribution in [0.1, 0.15) is 5.69 Å². The van der Waals surface area contributed by atoms with E-state index < -0.39 is 18.3 Å². The molecule has 20 heavy (non-hydrogen) atoms. The highest BCUT2D eigenvalue weighted by molar-refractivity contribution is 5.65. The summed E-state index contributed by atoms with van der Waals surface area (Å²) in [5.41, 5.74) is 0.360. The van der Waals surface area contributed by atoms with Crippen molar-refractivity contribution in [1.82, 2.24) is 15.4 Å². The molecule has 0 aliphatic rings. The predicted molar refractivity (Wildman–Crippen MR) is 58.1 cm³/mol. The Balaban J connectivity index is 2.32. The lowest BCUT2D eigenvalue weighted by atomic mass is 10.1. The summed E-state index contributed by atoms with van der Waals surface area (Å²) >= 11 is 0. The second-order valence-corrected chi connectivity index (χ2v) is 3.64. The average molecular weight is 286 g/mol. The van der Waals surface area contributed by atoms with Crippen molar-refractivity contribution in [2.45, 2.75) is 12.5 Å². The normalized spacial score (nSPS) is 11.4. The smallest absolute Gasteiger partial charge is 0.428 e. The molecule has 0 aliphatic heterocycles. The number of nitriles is 1. The van der Waals surface area contributed by atoms with E-state index >= 15 is 0 Å². The van der Waals surface area contributed by atoms with Crippen LogP contribution in [0.3, 0.4) is 0 Å². The first-order valence-electron chi connectivity index (χ1n) is 5.20. The lowest BCUT2D eigenvalue weighted by Gasteiger charge is -2.16. The minimum absolute atomic E-state index is 0.0165. The largest absolute Gasteiger partial charge is 0.461 e. The Labute approximate surface area is 109 Å². The number of benzene rings is 1. The van der Waals surface area contributed by atoms with Crippen molar-refractivity contribution in [3.8, 4) is 23.1 Å². The number of nitrogens with one attached hydrogen (secondary N) is 1. The van der Waals surface area contributed by atoms with Crippen LogP contribution in [0.15, 0.2) is 24.3 Å². The quantitative estimate of drug-likeness (QED) is 0.876. The first-order chi connectivity index (χ1) is 9.44. The first-order valence-corrected chi connectivity index (χ1v) is 5.20. The van der Waals surface area contributed by atoms with Crippen molar-refractivity contribution in [3.63, 3.8) is 0 Å². The predicted octanol–water partition coefficient (Wildman–Crippen LogP) is 2.58. The highest BCUT2D eigenvalue weighted by Crippen LogP contribution is 2.30. The summed E-state index contributed by atoms with van der Waals surface area (Å²) in [4.78, 5) is 0. The molecule has 0 fully saturated rings. The van der Waals surface area contributed by atoms with E-state index in [1.54, 1.807) is 6.07 Å². The van der Waals surface area contributed by atoms with Gasteiger partial charge >= 0.3 is 12.5 Å². The standard InChI is InChI=1S/C11H6F4N4O/c12-10(13)11(14,15)20-7-3-1-2-6(4-7)9-8(5-16)17-19-18-9/h1-4,10H,(H,17,18,19). The fourth-order valence-corrected chi connectivity index (χ4v) is 1.42. The van der Waals surface area contributed by atoms with E-state index in [1.807, 2.05) is 0 Å². The van der Waals surface area contributed by atoms with Gasteiger partial charge in [-0.15, -0.1) is 5.10 Å². The fourth-order valence-electron chi connectivity index (χ4n) is 1.42. The summed E-state index contributed by atoms with van der Waals surface area (Å²) < 4.78 is 53.6. The Morgan fingerprint density at radius 3 is 2.75 bits per heavy atom. The van der Waals surface area contributed by atoms with E-state index in [2.05, 4.69) is 20.1 Å². The maximum absolute atomic E-state index is 12.8. The monoisotopic (exact) mass is 286 g/mol. The molecule has 1 aromatic carbocycles. The van der Waals surface area contributed by atoms with Crippen molar-refractivity contribution >= 4 is 0 Å². The molecular weight excluding hydrogens is 280 g/mol. The number of halogens is 4. The Morgan fingerprint density at radius 1 is 1.35 bits per heavy atom. The third kappa shape index (κ3) is 2.69. The van der Waals surface area contributed by atoms with Crippen LogP contribution in [0.25, 0.3) is 11.3 Å². The van der Waals surface area contributed by atoms with Gasteiger partial charge < -0.3 is 4.74 Å². The average Bonchev–Trinajstić information content (AvgIpc) is 2.86. The molecule has 0 saturated carbocycles. The van der Waals surface area contributed by atoms with Gasteiger partial charge in [0.05, 0.1) is 0 Å². The number of ether oxygens (including phenoxy) is 1. The molecule has 1 N–H and O–H groups in total.